The molecule has 25 heavy (non-hydrogen) atoms. The minimum atomic E-state index is -0.869. The number of hydrogen-bond acceptors (Lipinski definition) is 4. The molecule has 0 bridgehead atoms. The summed E-state index contributed by atoms with van der Waals surface area (Å²) in [6, 6.07) is 12.9. The molecular formula is C20H22O5. The highest BCUT2D eigenvalue weighted by atomic mass is 16.6. The zero-order valence-corrected chi connectivity index (χ0v) is 14.4. The summed E-state index contributed by atoms with van der Waals surface area (Å²) in [6.45, 7) is 4.91. The van der Waals surface area contributed by atoms with Gasteiger partial charge >= 0.3 is 5.97 Å². The van der Waals surface area contributed by atoms with Crippen LogP contribution in [0.15, 0.2) is 42.5 Å². The van der Waals surface area contributed by atoms with Gasteiger partial charge in [-0.25, -0.2) is 0 Å². The average Bonchev–Trinajstić information content (AvgIpc) is 2.59. The van der Waals surface area contributed by atoms with E-state index in [4.69, 9.17) is 14.2 Å². The first kappa shape index (κ1) is 17.1. The van der Waals surface area contributed by atoms with E-state index in [1.807, 2.05) is 38.1 Å². The summed E-state index contributed by atoms with van der Waals surface area (Å²) < 4.78 is 16.8. The normalized spacial score (nSPS) is 14.2. The van der Waals surface area contributed by atoms with Crippen molar-refractivity contribution in [3.05, 3.63) is 53.6 Å². The minimum absolute atomic E-state index is 0.0725. The van der Waals surface area contributed by atoms with Crippen LogP contribution in [0.1, 0.15) is 30.9 Å². The van der Waals surface area contributed by atoms with Crippen LogP contribution < -0.4 is 14.2 Å². The summed E-state index contributed by atoms with van der Waals surface area (Å²) >= 11 is 0. The molecule has 1 atom stereocenters. The van der Waals surface area contributed by atoms with Crippen molar-refractivity contribution in [2.24, 2.45) is 0 Å². The summed E-state index contributed by atoms with van der Waals surface area (Å²) in [7, 11) is 0. The smallest absolute Gasteiger partial charge is 0.311 e. The van der Waals surface area contributed by atoms with Crippen molar-refractivity contribution in [2.45, 2.75) is 32.3 Å². The molecule has 0 amide bonds. The Morgan fingerprint density at radius 3 is 2.60 bits per heavy atom. The van der Waals surface area contributed by atoms with Crippen molar-refractivity contribution < 1.29 is 24.1 Å². The lowest BCUT2D eigenvalue weighted by Crippen LogP contribution is -2.18. The van der Waals surface area contributed by atoms with Gasteiger partial charge in [0.2, 0.25) is 0 Å². The molecule has 0 saturated heterocycles. The molecule has 132 valence electrons. The van der Waals surface area contributed by atoms with Crippen LogP contribution >= 0.6 is 0 Å². The average molecular weight is 342 g/mol. The predicted octanol–water partition coefficient (Wildman–Crippen LogP) is 3.66. The predicted molar refractivity (Wildman–Crippen MR) is 93.7 cm³/mol. The van der Waals surface area contributed by atoms with Gasteiger partial charge in [0.1, 0.15) is 19.0 Å². The van der Waals surface area contributed by atoms with E-state index in [-0.39, 0.29) is 6.10 Å². The van der Waals surface area contributed by atoms with Gasteiger partial charge < -0.3 is 19.3 Å². The van der Waals surface area contributed by atoms with Crippen LogP contribution in [0.3, 0.4) is 0 Å². The second kappa shape index (κ2) is 7.47. The molecular weight excluding hydrogens is 320 g/mol. The van der Waals surface area contributed by atoms with E-state index in [0.29, 0.717) is 36.7 Å². The Morgan fingerprint density at radius 1 is 1.12 bits per heavy atom. The molecule has 0 spiro atoms. The van der Waals surface area contributed by atoms with Crippen LogP contribution in [-0.4, -0.2) is 30.4 Å². The van der Waals surface area contributed by atoms with E-state index < -0.39 is 11.9 Å². The van der Waals surface area contributed by atoms with Gasteiger partial charge in [-0.3, -0.25) is 4.79 Å². The molecule has 0 saturated carbocycles. The highest BCUT2D eigenvalue weighted by Crippen LogP contribution is 2.34. The summed E-state index contributed by atoms with van der Waals surface area (Å²) in [5.74, 6) is 0.481. The number of carboxylic acids is 1. The third-order valence-corrected chi connectivity index (χ3v) is 3.98. The molecule has 1 heterocycles. The minimum Gasteiger partial charge on any atom is -0.491 e. The number of benzene rings is 2. The Morgan fingerprint density at radius 2 is 1.88 bits per heavy atom. The van der Waals surface area contributed by atoms with Crippen molar-refractivity contribution >= 4 is 5.97 Å². The Hall–Kier alpha value is -2.69. The Kier molecular flexibility index (Phi) is 5.12. The van der Waals surface area contributed by atoms with Crippen molar-refractivity contribution in [3.63, 3.8) is 0 Å². The maximum atomic E-state index is 11.8. The van der Waals surface area contributed by atoms with E-state index in [1.54, 1.807) is 18.2 Å². The van der Waals surface area contributed by atoms with Crippen LogP contribution in [0, 0.1) is 0 Å². The second-order valence-electron chi connectivity index (χ2n) is 6.31. The number of aliphatic carboxylic acids is 1. The molecule has 0 aromatic heterocycles. The molecule has 5 nitrogen and oxygen atoms in total. The number of rotatable bonds is 6. The van der Waals surface area contributed by atoms with Crippen molar-refractivity contribution in [3.8, 4) is 17.2 Å². The zero-order valence-electron chi connectivity index (χ0n) is 14.4. The van der Waals surface area contributed by atoms with Crippen molar-refractivity contribution in [2.75, 3.05) is 13.2 Å². The molecule has 1 aliphatic heterocycles. The monoisotopic (exact) mass is 342 g/mol. The first-order valence-electron chi connectivity index (χ1n) is 8.41. The highest BCUT2D eigenvalue weighted by molar-refractivity contribution is 5.77. The Balaban J connectivity index is 1.83. The summed E-state index contributed by atoms with van der Waals surface area (Å²) in [6.07, 6.45) is 0.452. The van der Waals surface area contributed by atoms with E-state index in [9.17, 15) is 9.90 Å². The van der Waals surface area contributed by atoms with Gasteiger partial charge in [0, 0.05) is 0 Å². The van der Waals surface area contributed by atoms with E-state index >= 15 is 0 Å². The zero-order chi connectivity index (χ0) is 17.8. The molecule has 1 aliphatic rings. The summed E-state index contributed by atoms with van der Waals surface area (Å²) in [5.41, 5.74) is 1.62. The topological polar surface area (TPSA) is 65.0 Å². The van der Waals surface area contributed by atoms with E-state index in [1.165, 1.54) is 0 Å². The molecule has 0 radical (unpaired) electrons. The number of ether oxygens (including phenoxy) is 3. The van der Waals surface area contributed by atoms with Crippen molar-refractivity contribution in [1.82, 2.24) is 0 Å². The lowest BCUT2D eigenvalue weighted by Gasteiger charge is -2.21. The van der Waals surface area contributed by atoms with Gasteiger partial charge in [0.05, 0.1) is 12.0 Å². The molecule has 1 N–H and O–H groups in total. The Bertz CT molecular complexity index is 754. The van der Waals surface area contributed by atoms with Gasteiger partial charge in [-0.1, -0.05) is 18.2 Å². The Labute approximate surface area is 147 Å². The SMILES string of the molecule is CC(C)Oc1cccc(CC(C(=O)O)c2ccc3c(c2)OCCO3)c1. The van der Waals surface area contributed by atoms with Gasteiger partial charge in [-0.15, -0.1) is 0 Å². The summed E-state index contributed by atoms with van der Waals surface area (Å²) in [5, 5.41) is 9.70. The van der Waals surface area contributed by atoms with E-state index in [0.717, 1.165) is 11.3 Å². The molecule has 1 unspecified atom stereocenters. The van der Waals surface area contributed by atoms with Crippen molar-refractivity contribution in [1.29, 1.82) is 0 Å². The number of carbonyl (C=O) groups is 1. The fourth-order valence-electron chi connectivity index (χ4n) is 2.88. The van der Waals surface area contributed by atoms with Gasteiger partial charge in [0.15, 0.2) is 11.5 Å². The number of carboxylic acid groups (broad SMARTS) is 1. The first-order valence-corrected chi connectivity index (χ1v) is 8.41. The lowest BCUT2D eigenvalue weighted by molar-refractivity contribution is -0.138. The second-order valence-corrected chi connectivity index (χ2v) is 6.31. The largest absolute Gasteiger partial charge is 0.491 e. The number of hydrogen-bond donors (Lipinski definition) is 1. The maximum Gasteiger partial charge on any atom is 0.311 e. The van der Waals surface area contributed by atoms with Gasteiger partial charge in [0.25, 0.3) is 0 Å². The lowest BCUT2D eigenvalue weighted by atomic mass is 9.91. The molecule has 2 aromatic carbocycles. The van der Waals surface area contributed by atoms with Gasteiger partial charge in [-0.05, 0) is 55.7 Å². The standard InChI is InChI=1S/C20H22O5/c1-13(2)25-16-5-3-4-14(10-16)11-17(20(21)22)15-6-7-18-19(12-15)24-9-8-23-18/h3-7,10,12-13,17H,8-9,11H2,1-2H3,(H,21,22). The van der Waals surface area contributed by atoms with Crippen LogP contribution in [-0.2, 0) is 11.2 Å². The highest BCUT2D eigenvalue weighted by Gasteiger charge is 2.23. The molecule has 5 heteroatoms. The van der Waals surface area contributed by atoms with Crippen LogP contribution in [0.25, 0.3) is 0 Å². The first-order chi connectivity index (χ1) is 12.0. The molecule has 0 fully saturated rings. The summed E-state index contributed by atoms with van der Waals surface area (Å²) in [4.78, 5) is 11.8. The van der Waals surface area contributed by atoms with Crippen LogP contribution in [0.2, 0.25) is 0 Å². The van der Waals surface area contributed by atoms with E-state index in [2.05, 4.69) is 0 Å². The molecule has 2 aromatic rings. The third kappa shape index (κ3) is 4.24. The van der Waals surface area contributed by atoms with Crippen LogP contribution in [0.5, 0.6) is 17.2 Å². The van der Waals surface area contributed by atoms with Crippen LogP contribution in [0.4, 0.5) is 0 Å². The maximum absolute atomic E-state index is 11.8. The quantitative estimate of drug-likeness (QED) is 0.868. The fourth-order valence-corrected chi connectivity index (χ4v) is 2.88. The van der Waals surface area contributed by atoms with Gasteiger partial charge in [-0.2, -0.15) is 0 Å². The fraction of sp³-hybridized carbons (Fsp3) is 0.350. The molecule has 0 aliphatic carbocycles. The third-order valence-electron chi connectivity index (χ3n) is 3.98. The molecule has 3 rings (SSSR count). The number of fused-ring (bicyclic) bond motifs is 1.